The first-order chi connectivity index (χ1) is 6.08. The van der Waals surface area contributed by atoms with E-state index in [2.05, 4.69) is 0 Å². The van der Waals surface area contributed by atoms with Gasteiger partial charge in [-0.3, -0.25) is 0 Å². The average molecular weight is 201 g/mol. The molecule has 1 nitrogen and oxygen atoms in total. The minimum atomic E-state index is -2.84. The van der Waals surface area contributed by atoms with Gasteiger partial charge in [-0.1, -0.05) is 0 Å². The van der Waals surface area contributed by atoms with Crippen molar-refractivity contribution in [1.82, 2.24) is 0 Å². The molecule has 1 rings (SSSR count). The van der Waals surface area contributed by atoms with E-state index in [-0.39, 0.29) is 17.7 Å². The molecular weight excluding hydrogens is 192 g/mol. The van der Waals surface area contributed by atoms with Gasteiger partial charge in [0.2, 0.25) is 0 Å². The number of aryl methyl sites for hydroxylation is 1. The minimum absolute atomic E-state index is 0.0859. The van der Waals surface area contributed by atoms with E-state index in [0.717, 1.165) is 11.3 Å². The Bertz CT molecular complexity index is 325. The van der Waals surface area contributed by atoms with Crippen LogP contribution in [0.15, 0.2) is 11.4 Å². The van der Waals surface area contributed by atoms with Crippen LogP contribution < -0.4 is 0 Å². The van der Waals surface area contributed by atoms with Crippen LogP contribution in [0.1, 0.15) is 23.3 Å². The van der Waals surface area contributed by atoms with Gasteiger partial charge in [0.25, 0.3) is 5.92 Å². The zero-order valence-corrected chi connectivity index (χ0v) is 8.00. The Morgan fingerprint density at radius 2 is 2.31 bits per heavy atom. The molecule has 4 heteroatoms. The first-order valence-electron chi connectivity index (χ1n) is 3.87. The zero-order chi connectivity index (χ0) is 9.90. The number of thiophene rings is 1. The molecule has 0 saturated heterocycles. The topological polar surface area (TPSA) is 23.8 Å². The van der Waals surface area contributed by atoms with Gasteiger partial charge in [-0.2, -0.15) is 5.26 Å². The van der Waals surface area contributed by atoms with E-state index in [0.29, 0.717) is 5.56 Å². The van der Waals surface area contributed by atoms with E-state index in [1.807, 2.05) is 0 Å². The molecule has 0 bridgehead atoms. The molecule has 0 aromatic carbocycles. The predicted octanol–water partition coefficient (Wildman–Crippen LogP) is 3.45. The normalized spacial score (nSPS) is 11.2. The molecule has 0 aliphatic rings. The summed E-state index contributed by atoms with van der Waals surface area (Å²) in [7, 11) is 0. The zero-order valence-electron chi connectivity index (χ0n) is 7.18. The van der Waals surface area contributed by atoms with Crippen molar-refractivity contribution >= 4 is 11.3 Å². The second-order valence-corrected chi connectivity index (χ2v) is 3.71. The van der Waals surface area contributed by atoms with Crippen LogP contribution in [-0.2, 0) is 5.92 Å². The fourth-order valence-electron chi connectivity index (χ4n) is 1.07. The van der Waals surface area contributed by atoms with Gasteiger partial charge in [-0.05, 0) is 23.9 Å². The lowest BCUT2D eigenvalue weighted by Crippen LogP contribution is -2.12. The summed E-state index contributed by atoms with van der Waals surface area (Å²) in [6.45, 7) is 1.66. The van der Waals surface area contributed by atoms with Gasteiger partial charge in [0.05, 0.1) is 10.9 Å². The summed E-state index contributed by atoms with van der Waals surface area (Å²) in [5.74, 6) is -2.84. The van der Waals surface area contributed by atoms with Crippen LogP contribution in [0, 0.1) is 18.3 Å². The molecule has 70 valence electrons. The maximum absolute atomic E-state index is 13.3. The number of halogens is 2. The lowest BCUT2D eigenvalue weighted by atomic mass is 10.1. The highest BCUT2D eigenvalue weighted by atomic mass is 32.1. The lowest BCUT2D eigenvalue weighted by Gasteiger charge is -2.13. The molecule has 1 heterocycles. The van der Waals surface area contributed by atoms with Gasteiger partial charge in [0, 0.05) is 12.8 Å². The number of alkyl halides is 2. The summed E-state index contributed by atoms with van der Waals surface area (Å²) >= 11 is 1.05. The third-order valence-electron chi connectivity index (χ3n) is 1.75. The maximum atomic E-state index is 13.3. The molecule has 0 amide bonds. The molecule has 0 fully saturated rings. The molecule has 0 atom stereocenters. The monoisotopic (exact) mass is 201 g/mol. The van der Waals surface area contributed by atoms with Crippen molar-refractivity contribution < 1.29 is 8.78 Å². The van der Waals surface area contributed by atoms with E-state index in [1.54, 1.807) is 24.4 Å². The van der Waals surface area contributed by atoms with E-state index >= 15 is 0 Å². The van der Waals surface area contributed by atoms with Crippen molar-refractivity contribution in [1.29, 1.82) is 5.26 Å². The third-order valence-corrected chi connectivity index (χ3v) is 2.87. The molecule has 13 heavy (non-hydrogen) atoms. The van der Waals surface area contributed by atoms with Gasteiger partial charge >= 0.3 is 0 Å². The molecule has 0 aliphatic heterocycles. The fourth-order valence-corrected chi connectivity index (χ4v) is 2.01. The van der Waals surface area contributed by atoms with Gasteiger partial charge in [0.15, 0.2) is 0 Å². The molecule has 0 saturated carbocycles. The first kappa shape index (κ1) is 10.1. The maximum Gasteiger partial charge on any atom is 0.283 e. The van der Waals surface area contributed by atoms with Crippen LogP contribution in [0.3, 0.4) is 0 Å². The highest BCUT2D eigenvalue weighted by Crippen LogP contribution is 2.37. The highest BCUT2D eigenvalue weighted by Gasteiger charge is 2.33. The first-order valence-corrected chi connectivity index (χ1v) is 4.75. The van der Waals surface area contributed by atoms with Crippen LogP contribution in [0.25, 0.3) is 0 Å². The van der Waals surface area contributed by atoms with Crippen LogP contribution in [0.4, 0.5) is 8.78 Å². The standard InChI is InChI=1S/C9H9F2NS/c1-7-3-6-13-8(7)9(10,11)4-2-5-12/h3,6H,2,4H2,1H3. The third kappa shape index (κ3) is 2.25. The largest absolute Gasteiger partial charge is 0.283 e. The van der Waals surface area contributed by atoms with Gasteiger partial charge < -0.3 is 0 Å². The Morgan fingerprint density at radius 3 is 2.77 bits per heavy atom. The summed E-state index contributed by atoms with van der Waals surface area (Å²) < 4.78 is 26.6. The van der Waals surface area contributed by atoms with Crippen LogP contribution in [0.5, 0.6) is 0 Å². The number of rotatable bonds is 3. The van der Waals surface area contributed by atoms with Crippen molar-refractivity contribution in [2.45, 2.75) is 25.7 Å². The van der Waals surface area contributed by atoms with Crippen molar-refractivity contribution in [3.63, 3.8) is 0 Å². The van der Waals surface area contributed by atoms with E-state index in [4.69, 9.17) is 5.26 Å². The Hall–Kier alpha value is -0.950. The molecule has 0 unspecified atom stereocenters. The summed E-state index contributed by atoms with van der Waals surface area (Å²) in [5.41, 5.74) is 0.605. The number of hydrogen-bond acceptors (Lipinski definition) is 2. The van der Waals surface area contributed by atoms with E-state index in [9.17, 15) is 8.78 Å². The molecule has 0 N–H and O–H groups in total. The van der Waals surface area contributed by atoms with Gasteiger partial charge in [-0.15, -0.1) is 11.3 Å². The minimum Gasteiger partial charge on any atom is -0.200 e. The quantitative estimate of drug-likeness (QED) is 0.734. The van der Waals surface area contributed by atoms with Gasteiger partial charge in [-0.25, -0.2) is 8.78 Å². The Balaban J connectivity index is 2.82. The predicted molar refractivity (Wildman–Crippen MR) is 47.8 cm³/mol. The van der Waals surface area contributed by atoms with Crippen LogP contribution >= 0.6 is 11.3 Å². The number of hydrogen-bond donors (Lipinski definition) is 0. The summed E-state index contributed by atoms with van der Waals surface area (Å²) in [6.07, 6.45) is -0.491. The number of nitriles is 1. The lowest BCUT2D eigenvalue weighted by molar-refractivity contribution is -0.00860. The van der Waals surface area contributed by atoms with Crippen molar-refractivity contribution in [3.05, 3.63) is 21.9 Å². The van der Waals surface area contributed by atoms with Crippen molar-refractivity contribution in [2.24, 2.45) is 0 Å². The van der Waals surface area contributed by atoms with Gasteiger partial charge in [0.1, 0.15) is 0 Å². The average Bonchev–Trinajstić information content (AvgIpc) is 2.48. The fraction of sp³-hybridized carbons (Fsp3) is 0.444. The highest BCUT2D eigenvalue weighted by molar-refractivity contribution is 7.10. The summed E-state index contributed by atoms with van der Waals surface area (Å²) in [4.78, 5) is 0.0859. The molecular formula is C9H9F2NS. The second-order valence-electron chi connectivity index (χ2n) is 2.80. The molecule has 1 aromatic heterocycles. The molecule has 0 radical (unpaired) electrons. The Labute approximate surface area is 79.6 Å². The van der Waals surface area contributed by atoms with E-state index in [1.165, 1.54) is 0 Å². The molecule has 0 spiro atoms. The van der Waals surface area contributed by atoms with Crippen LogP contribution in [-0.4, -0.2) is 0 Å². The van der Waals surface area contributed by atoms with E-state index < -0.39 is 5.92 Å². The smallest absolute Gasteiger partial charge is 0.200 e. The van der Waals surface area contributed by atoms with Crippen molar-refractivity contribution in [2.75, 3.05) is 0 Å². The van der Waals surface area contributed by atoms with Crippen molar-refractivity contribution in [3.8, 4) is 6.07 Å². The Morgan fingerprint density at radius 1 is 1.62 bits per heavy atom. The summed E-state index contributed by atoms with van der Waals surface area (Å²) in [5, 5.41) is 9.86. The molecule has 0 aliphatic carbocycles. The SMILES string of the molecule is Cc1ccsc1C(F)(F)CCC#N. The van der Waals surface area contributed by atoms with Crippen LogP contribution in [0.2, 0.25) is 0 Å². The Kier molecular flexibility index (Phi) is 2.99. The number of nitrogens with zero attached hydrogens (tertiary/aromatic N) is 1. The molecule has 1 aromatic rings. The summed E-state index contributed by atoms with van der Waals surface area (Å²) in [6, 6.07) is 3.40. The second kappa shape index (κ2) is 3.84.